The molecule has 32 heavy (non-hydrogen) atoms. The van der Waals surface area contributed by atoms with Crippen LogP contribution in [-0.2, 0) is 20.9 Å². The van der Waals surface area contributed by atoms with Crippen molar-refractivity contribution in [2.24, 2.45) is 0 Å². The van der Waals surface area contributed by atoms with Crippen molar-refractivity contribution in [3.8, 4) is 0 Å². The highest BCUT2D eigenvalue weighted by atomic mass is 32.1. The van der Waals surface area contributed by atoms with Gasteiger partial charge in [-0.3, -0.25) is 9.78 Å². The van der Waals surface area contributed by atoms with E-state index >= 15 is 0 Å². The standard InChI is InChI=1S/C23H23N3O5S/c1-30-22(28)18(26-23(29)31-13-14-5-3-2-4-6-14)12-25-21(27)19-11-17-20(32-19)16(9-10-24-17)15-7-8-15/h2-6,9-11,15,18H,7-8,12-13H2,1H3,(H,25,27)(H,26,29)/t18-/m1/s1. The minimum atomic E-state index is -1.08. The summed E-state index contributed by atoms with van der Waals surface area (Å²) >= 11 is 1.38. The maximum absolute atomic E-state index is 12.7. The van der Waals surface area contributed by atoms with Crippen molar-refractivity contribution in [1.82, 2.24) is 15.6 Å². The lowest BCUT2D eigenvalue weighted by Gasteiger charge is -2.17. The Morgan fingerprint density at radius 2 is 1.97 bits per heavy atom. The van der Waals surface area contributed by atoms with Gasteiger partial charge in [0.15, 0.2) is 0 Å². The fourth-order valence-electron chi connectivity index (χ4n) is 3.31. The van der Waals surface area contributed by atoms with Crippen molar-refractivity contribution in [3.63, 3.8) is 0 Å². The van der Waals surface area contributed by atoms with Crippen LogP contribution >= 0.6 is 11.3 Å². The molecule has 0 aliphatic heterocycles. The van der Waals surface area contributed by atoms with Gasteiger partial charge >= 0.3 is 12.1 Å². The van der Waals surface area contributed by atoms with Crippen LogP contribution in [0.4, 0.5) is 4.79 Å². The lowest BCUT2D eigenvalue weighted by molar-refractivity contribution is -0.142. The van der Waals surface area contributed by atoms with Gasteiger partial charge in [0, 0.05) is 12.7 Å². The fourth-order valence-corrected chi connectivity index (χ4v) is 4.43. The van der Waals surface area contributed by atoms with Crippen LogP contribution in [0.5, 0.6) is 0 Å². The predicted octanol–water partition coefficient (Wildman–Crippen LogP) is 3.37. The van der Waals surface area contributed by atoms with E-state index in [0.29, 0.717) is 10.8 Å². The van der Waals surface area contributed by atoms with Gasteiger partial charge in [-0.25, -0.2) is 9.59 Å². The minimum absolute atomic E-state index is 0.0606. The molecule has 2 heterocycles. The lowest BCUT2D eigenvalue weighted by atomic mass is 10.1. The summed E-state index contributed by atoms with van der Waals surface area (Å²) in [5, 5.41) is 5.14. The number of hydrogen-bond donors (Lipinski definition) is 2. The summed E-state index contributed by atoms with van der Waals surface area (Å²) < 4.78 is 10.9. The van der Waals surface area contributed by atoms with Gasteiger partial charge < -0.3 is 20.1 Å². The first-order chi connectivity index (χ1) is 15.5. The second-order valence-electron chi connectivity index (χ2n) is 7.49. The molecule has 1 aromatic carbocycles. The highest BCUT2D eigenvalue weighted by molar-refractivity contribution is 7.21. The second-order valence-corrected chi connectivity index (χ2v) is 8.54. The lowest BCUT2D eigenvalue weighted by Crippen LogP contribution is -2.49. The van der Waals surface area contributed by atoms with Crippen molar-refractivity contribution in [3.05, 3.63) is 64.7 Å². The maximum Gasteiger partial charge on any atom is 0.408 e. The van der Waals surface area contributed by atoms with Crippen LogP contribution in [0.15, 0.2) is 48.7 Å². The molecule has 2 aromatic heterocycles. The number of nitrogens with one attached hydrogen (secondary N) is 2. The van der Waals surface area contributed by atoms with Crippen molar-refractivity contribution in [1.29, 1.82) is 0 Å². The summed E-state index contributed by atoms with van der Waals surface area (Å²) in [6.07, 6.45) is 3.30. The number of amides is 2. The Balaban J connectivity index is 1.36. The van der Waals surface area contributed by atoms with Crippen LogP contribution in [0.25, 0.3) is 10.2 Å². The molecule has 4 rings (SSSR count). The van der Waals surface area contributed by atoms with Gasteiger partial charge in [0.1, 0.15) is 12.6 Å². The molecule has 0 radical (unpaired) electrons. The molecule has 3 aromatic rings. The Bertz CT molecular complexity index is 1130. The molecule has 2 amide bonds. The number of carbonyl (C=O) groups excluding carboxylic acids is 3. The molecule has 166 valence electrons. The van der Waals surface area contributed by atoms with Gasteiger partial charge in [-0.05, 0) is 42.0 Å². The third-order valence-electron chi connectivity index (χ3n) is 5.14. The Kier molecular flexibility index (Phi) is 6.65. The summed E-state index contributed by atoms with van der Waals surface area (Å²) in [4.78, 5) is 41.8. The first-order valence-electron chi connectivity index (χ1n) is 10.3. The van der Waals surface area contributed by atoms with Gasteiger partial charge in [0.25, 0.3) is 5.91 Å². The van der Waals surface area contributed by atoms with E-state index in [4.69, 9.17) is 9.47 Å². The van der Waals surface area contributed by atoms with Crippen LogP contribution in [0.2, 0.25) is 0 Å². The zero-order chi connectivity index (χ0) is 22.5. The first kappa shape index (κ1) is 21.8. The third kappa shape index (κ3) is 5.23. The summed E-state index contributed by atoms with van der Waals surface area (Å²) in [6, 6.07) is 11.8. The number of esters is 1. The summed E-state index contributed by atoms with van der Waals surface area (Å²) in [6.45, 7) is -0.0753. The monoisotopic (exact) mass is 453 g/mol. The fraction of sp³-hybridized carbons (Fsp3) is 0.304. The number of nitrogens with zero attached hydrogens (tertiary/aromatic N) is 1. The van der Waals surface area contributed by atoms with Crippen LogP contribution in [0, 0.1) is 0 Å². The minimum Gasteiger partial charge on any atom is -0.467 e. The number of alkyl carbamates (subject to hydrolysis) is 1. The maximum atomic E-state index is 12.7. The topological polar surface area (TPSA) is 107 Å². The molecule has 1 aliphatic rings. The number of thiophene rings is 1. The van der Waals surface area contributed by atoms with E-state index in [1.165, 1.54) is 24.0 Å². The molecule has 1 atom stereocenters. The zero-order valence-electron chi connectivity index (χ0n) is 17.5. The van der Waals surface area contributed by atoms with Crippen molar-refractivity contribution >= 4 is 39.5 Å². The van der Waals surface area contributed by atoms with Gasteiger partial charge in [0.2, 0.25) is 0 Å². The number of hydrogen-bond acceptors (Lipinski definition) is 7. The highest BCUT2D eigenvalue weighted by Gasteiger charge is 2.27. The number of methoxy groups -OCH3 is 1. The number of pyridine rings is 1. The molecule has 1 saturated carbocycles. The highest BCUT2D eigenvalue weighted by Crippen LogP contribution is 2.44. The molecule has 0 saturated heterocycles. The van der Waals surface area contributed by atoms with E-state index in [-0.39, 0.29) is 19.1 Å². The van der Waals surface area contributed by atoms with E-state index in [0.717, 1.165) is 28.6 Å². The van der Waals surface area contributed by atoms with Crippen LogP contribution in [0.3, 0.4) is 0 Å². The first-order valence-corrected chi connectivity index (χ1v) is 11.1. The molecule has 0 unspecified atom stereocenters. The van der Waals surface area contributed by atoms with Crippen molar-refractivity contribution in [2.75, 3.05) is 13.7 Å². The molecule has 1 fully saturated rings. The molecule has 2 N–H and O–H groups in total. The number of ether oxygens (including phenoxy) is 2. The predicted molar refractivity (Wildman–Crippen MR) is 119 cm³/mol. The Labute approximate surface area is 188 Å². The van der Waals surface area contributed by atoms with E-state index in [2.05, 4.69) is 15.6 Å². The smallest absolute Gasteiger partial charge is 0.408 e. The van der Waals surface area contributed by atoms with Crippen LogP contribution in [-0.4, -0.2) is 42.7 Å². The molecular formula is C23H23N3O5S. The number of fused-ring (bicyclic) bond motifs is 1. The van der Waals surface area contributed by atoms with E-state index in [1.807, 2.05) is 36.4 Å². The van der Waals surface area contributed by atoms with Gasteiger partial charge in [-0.15, -0.1) is 11.3 Å². The largest absolute Gasteiger partial charge is 0.467 e. The molecule has 8 nitrogen and oxygen atoms in total. The molecule has 9 heteroatoms. The van der Waals surface area contributed by atoms with Crippen LogP contribution < -0.4 is 10.6 Å². The Hall–Kier alpha value is -3.46. The summed E-state index contributed by atoms with van der Waals surface area (Å²) in [5.41, 5.74) is 2.83. The summed E-state index contributed by atoms with van der Waals surface area (Å²) in [5.74, 6) is -0.482. The molecule has 0 spiro atoms. The number of carbonyl (C=O) groups is 3. The normalized spacial score (nSPS) is 13.9. The van der Waals surface area contributed by atoms with Gasteiger partial charge in [0.05, 0.1) is 22.2 Å². The quantitative estimate of drug-likeness (QED) is 0.507. The van der Waals surface area contributed by atoms with E-state index < -0.39 is 18.1 Å². The Morgan fingerprint density at radius 3 is 2.69 bits per heavy atom. The van der Waals surface area contributed by atoms with Gasteiger partial charge in [-0.2, -0.15) is 0 Å². The van der Waals surface area contributed by atoms with Crippen molar-refractivity contribution < 1.29 is 23.9 Å². The SMILES string of the molecule is COC(=O)[C@@H](CNC(=O)c1cc2nccc(C3CC3)c2s1)NC(=O)OCc1ccccc1. The zero-order valence-corrected chi connectivity index (χ0v) is 18.3. The third-order valence-corrected chi connectivity index (χ3v) is 6.31. The van der Waals surface area contributed by atoms with Crippen LogP contribution in [0.1, 0.15) is 39.6 Å². The van der Waals surface area contributed by atoms with E-state index in [1.54, 1.807) is 12.3 Å². The second kappa shape index (κ2) is 9.78. The number of benzene rings is 1. The van der Waals surface area contributed by atoms with Crippen molar-refractivity contribution in [2.45, 2.75) is 31.4 Å². The van der Waals surface area contributed by atoms with Gasteiger partial charge in [-0.1, -0.05) is 30.3 Å². The summed E-state index contributed by atoms with van der Waals surface area (Å²) in [7, 11) is 1.21. The average molecular weight is 454 g/mol. The number of aromatic nitrogens is 1. The number of rotatable bonds is 8. The molecule has 1 aliphatic carbocycles. The Morgan fingerprint density at radius 1 is 1.19 bits per heavy atom. The molecular weight excluding hydrogens is 430 g/mol. The molecule has 0 bridgehead atoms. The average Bonchev–Trinajstić information content (AvgIpc) is 3.57. The van der Waals surface area contributed by atoms with E-state index in [9.17, 15) is 14.4 Å².